The lowest BCUT2D eigenvalue weighted by Crippen LogP contribution is -2.35. The predicted molar refractivity (Wildman–Crippen MR) is 69.3 cm³/mol. The molecule has 0 unspecified atom stereocenters. The Morgan fingerprint density at radius 1 is 1.10 bits per heavy atom. The molecule has 0 N–H and O–H groups in total. The van der Waals surface area contributed by atoms with E-state index in [1.54, 1.807) is 0 Å². The Balaban J connectivity index is 5.55. The molecule has 0 atom stereocenters. The molecule has 0 heterocycles. The van der Waals surface area contributed by atoms with Gasteiger partial charge < -0.3 is 0 Å². The number of azide groups is 1. The van der Waals surface area contributed by atoms with Crippen molar-refractivity contribution in [3.8, 4) is 0 Å². The summed E-state index contributed by atoms with van der Waals surface area (Å²) in [6.45, 7) is 5.08. The molecule has 0 aliphatic heterocycles. The number of hydrogen-bond acceptors (Lipinski definition) is 6. The zero-order valence-corrected chi connectivity index (χ0v) is 12.8. The van der Waals surface area contributed by atoms with Crippen molar-refractivity contribution < 1.29 is 21.6 Å². The lowest BCUT2D eigenvalue weighted by Gasteiger charge is -2.11. The van der Waals surface area contributed by atoms with Crippen LogP contribution in [0.2, 0.25) is 0 Å². The van der Waals surface area contributed by atoms with Gasteiger partial charge in [-0.3, -0.25) is 0 Å². The van der Waals surface area contributed by atoms with Crippen LogP contribution in [0.25, 0.3) is 10.4 Å². The van der Waals surface area contributed by atoms with Crippen LogP contribution in [-0.4, -0.2) is 37.8 Å². The largest absolute Gasteiger partial charge is 0.472 e. The Morgan fingerprint density at radius 2 is 1.60 bits per heavy atom. The van der Waals surface area contributed by atoms with Gasteiger partial charge in [0.05, 0.1) is 10.5 Å². The first-order valence-corrected chi connectivity index (χ1v) is 8.27. The normalized spacial score (nSPS) is 12.7. The number of carbonyl (C=O) groups is 1. The first kappa shape index (κ1) is 18.3. The maximum absolute atomic E-state index is 11.7. The van der Waals surface area contributed by atoms with E-state index in [4.69, 9.17) is 5.53 Å². The van der Waals surface area contributed by atoms with Crippen molar-refractivity contribution >= 4 is 26.1 Å². The monoisotopic (exact) mass is 326 g/mol. The van der Waals surface area contributed by atoms with Crippen molar-refractivity contribution in [3.05, 3.63) is 10.4 Å². The molecule has 0 bridgehead atoms. The summed E-state index contributed by atoms with van der Waals surface area (Å²) in [7, 11) is -8.30. The standard InChI is InChI=1S/C7H14N6O5S2/c1-5(2)19(15,16)12-9-7(14)13(11-10-8)20(17,18)6(3)4/h5-6H,1-4H3. The zero-order valence-electron chi connectivity index (χ0n) is 11.2. The first-order valence-electron chi connectivity index (χ1n) is 5.26. The Bertz CT molecular complexity index is 643. The van der Waals surface area contributed by atoms with Crippen LogP contribution in [0.3, 0.4) is 0 Å². The van der Waals surface area contributed by atoms with Crippen molar-refractivity contribution in [2.75, 3.05) is 0 Å². The highest BCUT2D eigenvalue weighted by Crippen LogP contribution is 2.12. The molecule has 0 saturated heterocycles. The molecule has 0 aliphatic rings. The van der Waals surface area contributed by atoms with E-state index >= 15 is 0 Å². The summed E-state index contributed by atoms with van der Waals surface area (Å²) in [5, 5.41) is 3.44. The molecule has 0 radical (unpaired) electrons. The van der Waals surface area contributed by atoms with Gasteiger partial charge in [0.2, 0.25) is 0 Å². The first-order chi connectivity index (χ1) is 8.96. The van der Waals surface area contributed by atoms with Gasteiger partial charge in [-0.25, -0.2) is 13.2 Å². The average molecular weight is 326 g/mol. The SMILES string of the molecule is CC(C)S(=O)(=O)N=NC(=O)N(N=[N+]=[N-])S(=O)(=O)C(C)C. The smallest absolute Gasteiger partial charge is 0.214 e. The highest BCUT2D eigenvalue weighted by atomic mass is 32.2. The molecule has 114 valence electrons. The summed E-state index contributed by atoms with van der Waals surface area (Å²) >= 11 is 0. The lowest BCUT2D eigenvalue weighted by atomic mass is 10.6. The van der Waals surface area contributed by atoms with E-state index in [2.05, 4.69) is 19.8 Å². The van der Waals surface area contributed by atoms with E-state index in [1.807, 2.05) is 0 Å². The van der Waals surface area contributed by atoms with Crippen molar-refractivity contribution in [2.24, 2.45) is 14.9 Å². The maximum Gasteiger partial charge on any atom is 0.472 e. The quantitative estimate of drug-likeness (QED) is 0.323. The summed E-state index contributed by atoms with van der Waals surface area (Å²) in [6.07, 6.45) is 0. The second kappa shape index (κ2) is 6.63. The molecular formula is C7H14N6O5S2. The van der Waals surface area contributed by atoms with Gasteiger partial charge in [-0.05, 0) is 32.1 Å². The minimum absolute atomic E-state index is 0.239. The van der Waals surface area contributed by atoms with Crippen molar-refractivity contribution in [1.29, 1.82) is 0 Å². The molecule has 0 aromatic rings. The third kappa shape index (κ3) is 4.43. The molecule has 13 heteroatoms. The molecule has 0 saturated carbocycles. The molecule has 0 rings (SSSR count). The number of carbonyl (C=O) groups excluding carboxylic acids is 1. The Hall–Kier alpha value is -1.72. The van der Waals surface area contributed by atoms with E-state index in [-0.39, 0.29) is 4.41 Å². The van der Waals surface area contributed by atoms with E-state index < -0.39 is 36.6 Å². The summed E-state index contributed by atoms with van der Waals surface area (Å²) in [5.74, 6) is 0. The van der Waals surface area contributed by atoms with Crippen LogP contribution in [0, 0.1) is 0 Å². The number of rotatable bonds is 5. The summed E-state index contributed by atoms with van der Waals surface area (Å²) < 4.78 is 48.6. The van der Waals surface area contributed by atoms with Crippen molar-refractivity contribution in [1.82, 2.24) is 4.41 Å². The third-order valence-electron chi connectivity index (χ3n) is 1.96. The number of hydrogen-bond donors (Lipinski definition) is 0. The number of urea groups is 1. The van der Waals surface area contributed by atoms with Gasteiger partial charge in [0.15, 0.2) is 0 Å². The highest BCUT2D eigenvalue weighted by Gasteiger charge is 2.35. The van der Waals surface area contributed by atoms with Crippen LogP contribution in [0.4, 0.5) is 4.79 Å². The number of nitrogens with zero attached hydrogens (tertiary/aromatic N) is 6. The van der Waals surface area contributed by atoms with E-state index in [1.165, 1.54) is 27.7 Å². The fourth-order valence-electron chi connectivity index (χ4n) is 0.658. The van der Waals surface area contributed by atoms with E-state index in [0.717, 1.165) is 0 Å². The van der Waals surface area contributed by atoms with Gasteiger partial charge >= 0.3 is 16.1 Å². The second-order valence-electron chi connectivity index (χ2n) is 4.04. The predicted octanol–water partition coefficient (Wildman–Crippen LogP) is 1.56. The molecule has 0 aliphatic carbocycles. The highest BCUT2D eigenvalue weighted by molar-refractivity contribution is 7.90. The van der Waals surface area contributed by atoms with Gasteiger partial charge in [0.1, 0.15) is 0 Å². The molecular weight excluding hydrogens is 312 g/mol. The molecule has 2 amide bonds. The summed E-state index contributed by atoms with van der Waals surface area (Å²) in [6, 6.07) is -1.61. The van der Waals surface area contributed by atoms with Crippen LogP contribution < -0.4 is 0 Å². The summed E-state index contributed by atoms with van der Waals surface area (Å²) in [4.78, 5) is 13.7. The van der Waals surface area contributed by atoms with E-state index in [9.17, 15) is 21.6 Å². The minimum atomic E-state index is -4.27. The Morgan fingerprint density at radius 3 is 1.95 bits per heavy atom. The number of sulfonamides is 2. The zero-order chi connectivity index (χ0) is 16.1. The molecule has 0 fully saturated rings. The van der Waals surface area contributed by atoms with Gasteiger partial charge in [0, 0.05) is 5.22 Å². The van der Waals surface area contributed by atoms with Gasteiger partial charge in [-0.1, -0.05) is 9.63 Å². The average Bonchev–Trinajstić information content (AvgIpc) is 2.32. The van der Waals surface area contributed by atoms with Crippen LogP contribution in [0.1, 0.15) is 27.7 Å². The van der Waals surface area contributed by atoms with Gasteiger partial charge in [-0.15, -0.1) is 5.53 Å². The van der Waals surface area contributed by atoms with E-state index in [0.29, 0.717) is 0 Å². The van der Waals surface area contributed by atoms with Gasteiger partial charge in [0.25, 0.3) is 10.0 Å². The van der Waals surface area contributed by atoms with Crippen LogP contribution in [0.15, 0.2) is 14.9 Å². The topological polar surface area (TPSA) is 162 Å². The minimum Gasteiger partial charge on any atom is -0.214 e. The fraction of sp³-hybridized carbons (Fsp3) is 0.857. The maximum atomic E-state index is 11.7. The third-order valence-corrected chi connectivity index (χ3v) is 5.36. The van der Waals surface area contributed by atoms with Crippen molar-refractivity contribution in [2.45, 2.75) is 38.2 Å². The molecule has 0 spiro atoms. The Labute approximate surface area is 116 Å². The van der Waals surface area contributed by atoms with Crippen LogP contribution in [-0.2, 0) is 20.0 Å². The van der Waals surface area contributed by atoms with Crippen LogP contribution in [0.5, 0.6) is 0 Å². The molecule has 20 heavy (non-hydrogen) atoms. The fourth-order valence-corrected chi connectivity index (χ4v) is 1.82. The molecule has 0 aromatic heterocycles. The summed E-state index contributed by atoms with van der Waals surface area (Å²) in [5.41, 5.74) is 8.26. The molecule has 11 nitrogen and oxygen atoms in total. The Kier molecular flexibility index (Phi) is 6.06. The lowest BCUT2D eigenvalue weighted by molar-refractivity contribution is 0.231. The van der Waals surface area contributed by atoms with Crippen LogP contribution >= 0.6 is 0 Å². The van der Waals surface area contributed by atoms with Crippen molar-refractivity contribution in [3.63, 3.8) is 0 Å². The molecule has 0 aromatic carbocycles. The number of amides is 2. The van der Waals surface area contributed by atoms with Gasteiger partial charge in [-0.2, -0.15) is 13.3 Å². The second-order valence-corrected chi connectivity index (χ2v) is 8.50.